The van der Waals surface area contributed by atoms with E-state index in [1.165, 1.54) is 51.2 Å². The van der Waals surface area contributed by atoms with Crippen molar-refractivity contribution in [1.82, 2.24) is 19.9 Å². The molecule has 0 saturated heterocycles. The number of rotatable bonds is 2. The molecule has 210 valence electrons. The molecule has 0 atom stereocenters. The van der Waals surface area contributed by atoms with Crippen LogP contribution in [0.5, 0.6) is 0 Å². The van der Waals surface area contributed by atoms with Crippen LogP contribution in [0.2, 0.25) is 0 Å². The monoisotopic (exact) mass is 566 g/mol. The van der Waals surface area contributed by atoms with Crippen LogP contribution in [0.15, 0.2) is 103 Å². The molecule has 0 unspecified atom stereocenters. The Bertz CT molecular complexity index is 2310. The van der Waals surface area contributed by atoms with Crippen molar-refractivity contribution in [3.8, 4) is 22.5 Å². The minimum absolute atomic E-state index is 0.241. The van der Waals surface area contributed by atoms with Crippen LogP contribution in [0.3, 0.4) is 0 Å². The van der Waals surface area contributed by atoms with Crippen molar-refractivity contribution in [1.29, 1.82) is 0 Å². The minimum Gasteiger partial charge on any atom is -0.360 e. The predicted molar refractivity (Wildman–Crippen MR) is 172 cm³/mol. The largest absolute Gasteiger partial charge is 0.360 e. The van der Waals surface area contributed by atoms with Crippen LogP contribution in [0.1, 0.15) is 16.7 Å². The molecule has 0 aliphatic carbocycles. The van der Waals surface area contributed by atoms with Crippen molar-refractivity contribution in [2.24, 2.45) is 0 Å². The van der Waals surface area contributed by atoms with Gasteiger partial charge in [0.15, 0.2) is 0 Å². The lowest BCUT2D eigenvalue weighted by Crippen LogP contribution is -1.87. The van der Waals surface area contributed by atoms with Crippen LogP contribution < -0.4 is 0 Å². The highest BCUT2D eigenvalue weighted by Crippen LogP contribution is 2.32. The fourth-order valence-corrected chi connectivity index (χ4v) is 5.73. The number of para-hydroxylation sites is 2. The van der Waals surface area contributed by atoms with Gasteiger partial charge in [-0.25, -0.2) is 18.7 Å². The van der Waals surface area contributed by atoms with E-state index in [2.05, 4.69) is 83.5 Å². The minimum atomic E-state index is -0.311. The predicted octanol–water partition coefficient (Wildman–Crippen LogP) is 9.97. The van der Waals surface area contributed by atoms with Gasteiger partial charge in [0.1, 0.15) is 11.6 Å². The second-order valence-corrected chi connectivity index (χ2v) is 10.9. The third kappa shape index (κ3) is 4.71. The summed E-state index contributed by atoms with van der Waals surface area (Å²) in [5.74, 6) is -0.552. The standard InChI is InChI=1S/C19H16N2.C18H12F2N2/c1-12-5-3-7-14-9-10-17(21-18(12)14)16-11-20-19-13(2)6-4-8-15(16)19;1-10-15(20)6-5-13-14(9-21-18(10)13)16-7-3-11-2-4-12(19)8-17(11)22-16/h3-11,20H,1-2H3;2-9,21H,1H3. The average molecular weight is 567 g/mol. The average Bonchev–Trinajstić information content (AvgIpc) is 3.65. The first-order valence-electron chi connectivity index (χ1n) is 14.1. The van der Waals surface area contributed by atoms with Crippen LogP contribution in [-0.2, 0) is 0 Å². The molecular weight excluding hydrogens is 538 g/mol. The number of fused-ring (bicyclic) bond motifs is 4. The van der Waals surface area contributed by atoms with E-state index in [1.807, 2.05) is 18.3 Å². The number of pyridine rings is 2. The Balaban J connectivity index is 0.000000140. The van der Waals surface area contributed by atoms with E-state index in [9.17, 15) is 8.78 Å². The smallest absolute Gasteiger partial charge is 0.128 e. The van der Waals surface area contributed by atoms with Crippen molar-refractivity contribution in [3.63, 3.8) is 0 Å². The fraction of sp³-hybridized carbons (Fsp3) is 0.0811. The van der Waals surface area contributed by atoms with Crippen LogP contribution in [0, 0.1) is 32.4 Å². The summed E-state index contributed by atoms with van der Waals surface area (Å²) in [7, 11) is 0. The van der Waals surface area contributed by atoms with E-state index in [4.69, 9.17) is 4.98 Å². The highest BCUT2D eigenvalue weighted by molar-refractivity contribution is 5.98. The maximum atomic E-state index is 13.6. The van der Waals surface area contributed by atoms with E-state index in [1.54, 1.807) is 19.1 Å². The number of hydrogen-bond donors (Lipinski definition) is 2. The summed E-state index contributed by atoms with van der Waals surface area (Å²) in [5.41, 5.74) is 10.5. The van der Waals surface area contributed by atoms with Crippen molar-refractivity contribution in [2.75, 3.05) is 0 Å². The SMILES string of the molecule is Cc1c(F)ccc2c(-c3ccc4ccc(F)cc4n3)c[nH]c12.Cc1cccc2ccc(-c3c[nH]c4c(C)cccc34)nc12. The second-order valence-electron chi connectivity index (χ2n) is 10.9. The number of aryl methyl sites for hydroxylation is 3. The summed E-state index contributed by atoms with van der Waals surface area (Å²) < 4.78 is 27.0. The van der Waals surface area contributed by atoms with Crippen LogP contribution >= 0.6 is 0 Å². The van der Waals surface area contributed by atoms with Gasteiger partial charge >= 0.3 is 0 Å². The van der Waals surface area contributed by atoms with Crippen LogP contribution in [0.4, 0.5) is 8.78 Å². The molecule has 0 fully saturated rings. The molecule has 4 nitrogen and oxygen atoms in total. The number of benzene rings is 4. The molecule has 0 aliphatic heterocycles. The maximum Gasteiger partial charge on any atom is 0.128 e. The summed E-state index contributed by atoms with van der Waals surface area (Å²) in [5, 5.41) is 4.21. The topological polar surface area (TPSA) is 57.4 Å². The molecule has 8 aromatic rings. The zero-order chi connectivity index (χ0) is 29.7. The third-order valence-electron chi connectivity index (χ3n) is 8.10. The number of aromatic amines is 2. The quantitative estimate of drug-likeness (QED) is 0.219. The van der Waals surface area contributed by atoms with Crippen LogP contribution in [-0.4, -0.2) is 19.9 Å². The molecule has 0 spiro atoms. The van der Waals surface area contributed by atoms with Gasteiger partial charge in [0, 0.05) is 62.2 Å². The van der Waals surface area contributed by atoms with Crippen molar-refractivity contribution in [2.45, 2.75) is 20.8 Å². The van der Waals surface area contributed by atoms with Gasteiger partial charge in [-0.2, -0.15) is 0 Å². The van der Waals surface area contributed by atoms with E-state index in [0.29, 0.717) is 11.1 Å². The first-order chi connectivity index (χ1) is 20.9. The van der Waals surface area contributed by atoms with Gasteiger partial charge in [0.05, 0.1) is 27.9 Å². The molecule has 4 aromatic carbocycles. The molecule has 6 heteroatoms. The molecule has 4 aromatic heterocycles. The van der Waals surface area contributed by atoms with Crippen molar-refractivity contribution >= 4 is 43.6 Å². The number of hydrogen-bond acceptors (Lipinski definition) is 2. The summed E-state index contributed by atoms with van der Waals surface area (Å²) in [6, 6.07) is 28.5. The van der Waals surface area contributed by atoms with Gasteiger partial charge in [0.2, 0.25) is 0 Å². The van der Waals surface area contributed by atoms with Gasteiger partial charge in [-0.05, 0) is 68.3 Å². The summed E-state index contributed by atoms with van der Waals surface area (Å²) in [6.07, 6.45) is 3.87. The first kappa shape index (κ1) is 26.5. The normalized spacial score (nSPS) is 11.4. The molecule has 0 amide bonds. The number of nitrogens with one attached hydrogen (secondary N) is 2. The molecule has 0 saturated carbocycles. The molecular formula is C37H28F2N4. The van der Waals surface area contributed by atoms with E-state index < -0.39 is 0 Å². The maximum absolute atomic E-state index is 13.6. The Hall–Kier alpha value is -5.36. The third-order valence-corrected chi connectivity index (χ3v) is 8.10. The van der Waals surface area contributed by atoms with E-state index in [-0.39, 0.29) is 11.6 Å². The Morgan fingerprint density at radius 1 is 0.581 bits per heavy atom. The molecule has 0 bridgehead atoms. The lowest BCUT2D eigenvalue weighted by atomic mass is 10.1. The lowest BCUT2D eigenvalue weighted by Gasteiger charge is -2.05. The summed E-state index contributed by atoms with van der Waals surface area (Å²) in [6.45, 7) is 5.97. The van der Waals surface area contributed by atoms with Gasteiger partial charge in [-0.15, -0.1) is 0 Å². The Morgan fingerprint density at radius 3 is 2.05 bits per heavy atom. The van der Waals surface area contributed by atoms with Gasteiger partial charge in [-0.3, -0.25) is 0 Å². The number of nitrogens with zero attached hydrogens (tertiary/aromatic N) is 2. The molecule has 0 aliphatic rings. The summed E-state index contributed by atoms with van der Waals surface area (Å²) in [4.78, 5) is 15.9. The van der Waals surface area contributed by atoms with Gasteiger partial charge < -0.3 is 9.97 Å². The van der Waals surface area contributed by atoms with Gasteiger partial charge in [-0.1, -0.05) is 48.5 Å². The molecule has 43 heavy (non-hydrogen) atoms. The number of halogens is 2. The Kier molecular flexibility index (Phi) is 6.47. The fourth-order valence-electron chi connectivity index (χ4n) is 5.73. The first-order valence-corrected chi connectivity index (χ1v) is 14.1. The molecule has 2 N–H and O–H groups in total. The molecule has 0 radical (unpaired) electrons. The highest BCUT2D eigenvalue weighted by Gasteiger charge is 2.12. The zero-order valence-electron chi connectivity index (χ0n) is 24.0. The second kappa shape index (κ2) is 10.5. The molecule has 4 heterocycles. The van der Waals surface area contributed by atoms with E-state index >= 15 is 0 Å². The number of aromatic nitrogens is 4. The lowest BCUT2D eigenvalue weighted by molar-refractivity contribution is 0.620. The molecule has 8 rings (SSSR count). The van der Waals surface area contributed by atoms with Crippen molar-refractivity contribution < 1.29 is 8.78 Å². The summed E-state index contributed by atoms with van der Waals surface area (Å²) >= 11 is 0. The number of H-pyrrole nitrogens is 2. The van der Waals surface area contributed by atoms with E-state index in [0.717, 1.165) is 38.8 Å². The van der Waals surface area contributed by atoms with Crippen molar-refractivity contribution in [3.05, 3.63) is 132 Å². The highest BCUT2D eigenvalue weighted by atomic mass is 19.1. The zero-order valence-corrected chi connectivity index (χ0v) is 24.0. The Labute approximate surface area is 247 Å². The van der Waals surface area contributed by atoms with Crippen LogP contribution in [0.25, 0.3) is 66.1 Å². The van der Waals surface area contributed by atoms with Gasteiger partial charge in [0.25, 0.3) is 0 Å². The Morgan fingerprint density at radius 2 is 1.23 bits per heavy atom.